The summed E-state index contributed by atoms with van der Waals surface area (Å²) in [6, 6.07) is 5.19. The van der Waals surface area contributed by atoms with E-state index >= 15 is 0 Å². The van der Waals surface area contributed by atoms with Gasteiger partial charge in [0, 0.05) is 11.2 Å². The van der Waals surface area contributed by atoms with E-state index in [0.29, 0.717) is 5.92 Å². The lowest BCUT2D eigenvalue weighted by molar-refractivity contribution is 0.271. The minimum Gasteiger partial charge on any atom is -0.379 e. The maximum Gasteiger partial charge on any atom is 0.123 e. The van der Waals surface area contributed by atoms with E-state index in [9.17, 15) is 4.39 Å². The lowest BCUT2D eigenvalue weighted by Gasteiger charge is -2.45. The van der Waals surface area contributed by atoms with Crippen LogP contribution in [0.25, 0.3) is 0 Å². The Balaban J connectivity index is 1.92. The van der Waals surface area contributed by atoms with Crippen LogP contribution in [0.1, 0.15) is 51.0 Å². The van der Waals surface area contributed by atoms with Gasteiger partial charge in [0.15, 0.2) is 0 Å². The van der Waals surface area contributed by atoms with Crippen molar-refractivity contribution in [2.45, 2.75) is 57.4 Å². The van der Waals surface area contributed by atoms with Gasteiger partial charge in [-0.25, -0.2) is 4.39 Å². The largest absolute Gasteiger partial charge is 0.379 e. The molecule has 0 aromatic heterocycles. The average Bonchev–Trinajstić information content (AvgIpc) is 2.58. The third-order valence-electron chi connectivity index (χ3n) is 4.92. The molecule has 3 rings (SSSR count). The van der Waals surface area contributed by atoms with Gasteiger partial charge >= 0.3 is 0 Å². The number of hydrogen-bond donors (Lipinski definition) is 1. The highest BCUT2D eigenvalue weighted by atomic mass is 19.1. The van der Waals surface area contributed by atoms with Crippen molar-refractivity contribution < 1.29 is 4.39 Å². The smallest absolute Gasteiger partial charge is 0.123 e. The van der Waals surface area contributed by atoms with Crippen molar-refractivity contribution >= 4 is 5.69 Å². The van der Waals surface area contributed by atoms with Gasteiger partial charge in [0.05, 0.1) is 0 Å². The van der Waals surface area contributed by atoms with Gasteiger partial charge in [0.25, 0.3) is 0 Å². The van der Waals surface area contributed by atoms with Crippen LogP contribution in [-0.2, 0) is 6.42 Å². The molecule has 1 saturated carbocycles. The zero-order valence-corrected chi connectivity index (χ0v) is 11.1. The van der Waals surface area contributed by atoms with Crippen LogP contribution in [0.5, 0.6) is 0 Å². The van der Waals surface area contributed by atoms with Crippen molar-refractivity contribution in [1.82, 2.24) is 0 Å². The second-order valence-corrected chi connectivity index (χ2v) is 6.10. The van der Waals surface area contributed by atoms with Crippen LogP contribution >= 0.6 is 0 Å². The Kier molecular flexibility index (Phi) is 3.04. The summed E-state index contributed by atoms with van der Waals surface area (Å²) in [5.74, 6) is 0.490. The maximum absolute atomic E-state index is 13.3. The highest BCUT2D eigenvalue weighted by Crippen LogP contribution is 2.42. The van der Waals surface area contributed by atoms with Crippen LogP contribution < -0.4 is 5.32 Å². The molecule has 1 heterocycles. The molecule has 18 heavy (non-hydrogen) atoms. The summed E-state index contributed by atoms with van der Waals surface area (Å²) in [6.07, 6.45) is 8.94. The summed E-state index contributed by atoms with van der Waals surface area (Å²) < 4.78 is 13.3. The lowest BCUT2D eigenvalue weighted by atomic mass is 9.73. The van der Waals surface area contributed by atoms with Gasteiger partial charge < -0.3 is 5.32 Å². The van der Waals surface area contributed by atoms with Crippen LogP contribution in [0.4, 0.5) is 10.1 Å². The van der Waals surface area contributed by atoms with E-state index in [0.717, 1.165) is 17.7 Å². The highest BCUT2D eigenvalue weighted by molar-refractivity contribution is 5.56. The molecule has 1 spiro atoms. The monoisotopic (exact) mass is 247 g/mol. The van der Waals surface area contributed by atoms with E-state index in [2.05, 4.69) is 12.2 Å². The van der Waals surface area contributed by atoms with Gasteiger partial charge in [-0.2, -0.15) is 0 Å². The molecule has 0 radical (unpaired) electrons. The minimum atomic E-state index is -0.112. The SMILES string of the molecule is C[C@H]1Cc2cc(F)ccc2NC12CCCCCC2. The Labute approximate surface area is 109 Å². The summed E-state index contributed by atoms with van der Waals surface area (Å²) >= 11 is 0. The van der Waals surface area contributed by atoms with Crippen LogP contribution in [0, 0.1) is 11.7 Å². The summed E-state index contributed by atoms with van der Waals surface area (Å²) in [6.45, 7) is 2.33. The number of anilines is 1. The van der Waals surface area contributed by atoms with Crippen LogP contribution in [-0.4, -0.2) is 5.54 Å². The molecule has 0 unspecified atom stereocenters. The predicted molar refractivity (Wildman–Crippen MR) is 73.3 cm³/mol. The molecule has 0 bridgehead atoms. The normalized spacial score (nSPS) is 26.2. The van der Waals surface area contributed by atoms with Crippen LogP contribution in [0.2, 0.25) is 0 Å². The van der Waals surface area contributed by atoms with Gasteiger partial charge in [-0.05, 0) is 48.9 Å². The summed E-state index contributed by atoms with van der Waals surface area (Å²) in [5, 5.41) is 3.76. The van der Waals surface area contributed by atoms with E-state index in [-0.39, 0.29) is 11.4 Å². The molecule has 1 N–H and O–H groups in total. The molecular formula is C16H22FN. The first-order valence-electron chi connectivity index (χ1n) is 7.26. The van der Waals surface area contributed by atoms with Crippen LogP contribution in [0.3, 0.4) is 0 Å². The third kappa shape index (κ3) is 2.02. The Morgan fingerprint density at radius 3 is 2.61 bits per heavy atom. The average molecular weight is 247 g/mol. The molecule has 1 atom stereocenters. The topological polar surface area (TPSA) is 12.0 Å². The Bertz CT molecular complexity index is 433. The Morgan fingerprint density at radius 1 is 1.17 bits per heavy atom. The Morgan fingerprint density at radius 2 is 1.89 bits per heavy atom. The van der Waals surface area contributed by atoms with E-state index < -0.39 is 0 Å². The molecule has 1 aromatic rings. The number of halogens is 1. The standard InChI is InChI=1S/C16H22FN/c1-12-10-13-11-14(17)6-7-15(13)18-16(12)8-4-2-3-5-9-16/h6-7,11-12,18H,2-5,8-10H2,1H3/t12-/m0/s1. The van der Waals surface area contributed by atoms with Gasteiger partial charge in [0.2, 0.25) is 0 Å². The van der Waals surface area contributed by atoms with Crippen molar-refractivity contribution in [1.29, 1.82) is 0 Å². The second-order valence-electron chi connectivity index (χ2n) is 6.10. The fraction of sp³-hybridized carbons (Fsp3) is 0.625. The van der Waals surface area contributed by atoms with Crippen molar-refractivity contribution in [2.75, 3.05) is 5.32 Å². The van der Waals surface area contributed by atoms with E-state index in [1.165, 1.54) is 38.5 Å². The third-order valence-corrected chi connectivity index (χ3v) is 4.92. The molecule has 1 fully saturated rings. The van der Waals surface area contributed by atoms with E-state index in [4.69, 9.17) is 0 Å². The number of hydrogen-bond acceptors (Lipinski definition) is 1. The molecule has 1 nitrogen and oxygen atoms in total. The first kappa shape index (κ1) is 12.0. The first-order chi connectivity index (χ1) is 8.70. The number of nitrogens with one attached hydrogen (secondary N) is 1. The van der Waals surface area contributed by atoms with Gasteiger partial charge in [0.1, 0.15) is 5.82 Å². The molecule has 2 heteroatoms. The van der Waals surface area contributed by atoms with Gasteiger partial charge in [-0.3, -0.25) is 0 Å². The predicted octanol–water partition coefficient (Wildman–Crippen LogP) is 4.52. The highest BCUT2D eigenvalue weighted by Gasteiger charge is 2.39. The van der Waals surface area contributed by atoms with Crippen LogP contribution in [0.15, 0.2) is 18.2 Å². The van der Waals surface area contributed by atoms with Crippen molar-refractivity contribution in [3.05, 3.63) is 29.6 Å². The molecule has 1 aromatic carbocycles. The minimum absolute atomic E-state index is 0.112. The molecule has 1 aliphatic heterocycles. The van der Waals surface area contributed by atoms with E-state index in [1.54, 1.807) is 12.1 Å². The molecular weight excluding hydrogens is 225 g/mol. The molecule has 98 valence electrons. The fourth-order valence-electron chi connectivity index (χ4n) is 3.75. The molecule has 0 saturated heterocycles. The summed E-state index contributed by atoms with van der Waals surface area (Å²) in [4.78, 5) is 0. The zero-order chi connectivity index (χ0) is 12.6. The fourth-order valence-corrected chi connectivity index (χ4v) is 3.75. The molecule has 0 amide bonds. The quantitative estimate of drug-likeness (QED) is 0.710. The molecule has 2 aliphatic rings. The summed E-state index contributed by atoms with van der Waals surface area (Å²) in [5.41, 5.74) is 2.58. The van der Waals surface area contributed by atoms with Crippen molar-refractivity contribution in [3.8, 4) is 0 Å². The molecule has 1 aliphatic carbocycles. The van der Waals surface area contributed by atoms with E-state index in [1.807, 2.05) is 6.07 Å². The van der Waals surface area contributed by atoms with Gasteiger partial charge in [-0.15, -0.1) is 0 Å². The zero-order valence-electron chi connectivity index (χ0n) is 11.1. The van der Waals surface area contributed by atoms with Gasteiger partial charge in [-0.1, -0.05) is 32.6 Å². The first-order valence-corrected chi connectivity index (χ1v) is 7.26. The van der Waals surface area contributed by atoms with Crippen molar-refractivity contribution in [3.63, 3.8) is 0 Å². The summed E-state index contributed by atoms with van der Waals surface area (Å²) in [7, 11) is 0. The second kappa shape index (κ2) is 4.56. The number of fused-ring (bicyclic) bond motifs is 1. The number of benzene rings is 1. The lowest BCUT2D eigenvalue weighted by Crippen LogP contribution is -2.47. The number of rotatable bonds is 0. The maximum atomic E-state index is 13.3. The Hall–Kier alpha value is -1.05. The van der Waals surface area contributed by atoms with Crippen molar-refractivity contribution in [2.24, 2.45) is 5.92 Å².